The van der Waals surface area contributed by atoms with Crippen LogP contribution in [-0.4, -0.2) is 42.6 Å². The number of carbonyl (C=O) groups is 1. The van der Waals surface area contributed by atoms with Crippen molar-refractivity contribution in [3.05, 3.63) is 89.3 Å². The summed E-state index contributed by atoms with van der Waals surface area (Å²) in [5.41, 5.74) is 3.33. The van der Waals surface area contributed by atoms with Gasteiger partial charge in [-0.25, -0.2) is 4.68 Å². The minimum atomic E-state index is -0.293. The van der Waals surface area contributed by atoms with E-state index in [1.807, 2.05) is 42.6 Å². The van der Waals surface area contributed by atoms with Crippen LogP contribution in [0.15, 0.2) is 84.1 Å². The molecule has 4 aromatic rings. The van der Waals surface area contributed by atoms with Crippen LogP contribution >= 0.6 is 12.2 Å². The zero-order valence-corrected chi connectivity index (χ0v) is 20.0. The van der Waals surface area contributed by atoms with E-state index in [0.29, 0.717) is 27.7 Å². The quantitative estimate of drug-likeness (QED) is 0.252. The largest absolute Gasteiger partial charge is 0.497 e. The Morgan fingerprint density at radius 1 is 1.03 bits per heavy atom. The minimum Gasteiger partial charge on any atom is -0.497 e. The van der Waals surface area contributed by atoms with Crippen LogP contribution in [0, 0.1) is 4.77 Å². The number of nitrogens with one attached hydrogen (secondary N) is 2. The van der Waals surface area contributed by atoms with E-state index in [9.17, 15) is 4.79 Å². The molecule has 0 atom stereocenters. The molecule has 2 N–H and O–H groups in total. The molecule has 0 aliphatic rings. The van der Waals surface area contributed by atoms with Crippen molar-refractivity contribution >= 4 is 30.0 Å². The number of amides is 1. The number of methoxy groups -OCH3 is 2. The van der Waals surface area contributed by atoms with E-state index in [2.05, 4.69) is 15.4 Å². The average molecular weight is 489 g/mol. The number of hydrogen-bond donors (Lipinski definition) is 2. The molecule has 0 radical (unpaired) electrons. The first-order valence-electron chi connectivity index (χ1n) is 10.7. The summed E-state index contributed by atoms with van der Waals surface area (Å²) in [7, 11) is 3.12. The summed E-state index contributed by atoms with van der Waals surface area (Å²) in [6.07, 6.45) is 3.51. The number of aromatic amines is 1. The predicted molar refractivity (Wildman–Crippen MR) is 138 cm³/mol. The molecule has 1 aromatic heterocycles. The van der Waals surface area contributed by atoms with E-state index in [-0.39, 0.29) is 12.5 Å². The number of aromatic nitrogens is 2. The fourth-order valence-electron chi connectivity index (χ4n) is 3.26. The smallest absolute Gasteiger partial charge is 0.262 e. The molecule has 0 fully saturated rings. The lowest BCUT2D eigenvalue weighted by molar-refractivity contribution is -0.118. The van der Waals surface area contributed by atoms with Gasteiger partial charge in [-0.2, -0.15) is 5.10 Å². The lowest BCUT2D eigenvalue weighted by Gasteiger charge is -2.11. The second-order valence-corrected chi connectivity index (χ2v) is 7.79. The Labute approximate surface area is 207 Å². The summed E-state index contributed by atoms with van der Waals surface area (Å²) in [5.74, 6) is 1.34. The molecule has 9 heteroatoms. The average Bonchev–Trinajstić information content (AvgIpc) is 3.27. The van der Waals surface area contributed by atoms with Crippen molar-refractivity contribution in [2.75, 3.05) is 26.1 Å². The Balaban J connectivity index is 1.40. The second-order valence-electron chi connectivity index (χ2n) is 7.40. The maximum Gasteiger partial charge on any atom is 0.262 e. The minimum absolute atomic E-state index is 0.170. The Morgan fingerprint density at radius 3 is 2.51 bits per heavy atom. The molecule has 0 aliphatic heterocycles. The Kier molecular flexibility index (Phi) is 7.59. The van der Waals surface area contributed by atoms with E-state index < -0.39 is 0 Å². The van der Waals surface area contributed by atoms with Gasteiger partial charge in [0.1, 0.15) is 5.75 Å². The van der Waals surface area contributed by atoms with E-state index in [0.717, 1.165) is 16.8 Å². The lowest BCUT2D eigenvalue weighted by Crippen LogP contribution is -2.20. The molecule has 178 valence electrons. The van der Waals surface area contributed by atoms with Gasteiger partial charge in [0.25, 0.3) is 5.91 Å². The molecule has 0 unspecified atom stereocenters. The van der Waals surface area contributed by atoms with Crippen molar-refractivity contribution in [1.82, 2.24) is 9.66 Å². The molecular formula is C26H24N4O4S. The van der Waals surface area contributed by atoms with Gasteiger partial charge in [0.2, 0.25) is 0 Å². The van der Waals surface area contributed by atoms with E-state index in [4.69, 9.17) is 26.4 Å². The first-order valence-corrected chi connectivity index (χ1v) is 11.1. The topological polar surface area (TPSA) is 89.9 Å². The highest BCUT2D eigenvalue weighted by atomic mass is 32.1. The van der Waals surface area contributed by atoms with Gasteiger partial charge in [-0.3, -0.25) is 4.79 Å². The number of benzene rings is 3. The van der Waals surface area contributed by atoms with E-state index in [1.165, 1.54) is 7.11 Å². The van der Waals surface area contributed by atoms with Gasteiger partial charge in [0.15, 0.2) is 22.9 Å². The molecule has 8 nitrogen and oxygen atoms in total. The van der Waals surface area contributed by atoms with E-state index in [1.54, 1.807) is 54.4 Å². The second kappa shape index (κ2) is 11.2. The molecule has 1 heterocycles. The monoisotopic (exact) mass is 488 g/mol. The zero-order valence-electron chi connectivity index (χ0n) is 19.2. The third-order valence-electron chi connectivity index (χ3n) is 5.04. The van der Waals surface area contributed by atoms with Gasteiger partial charge >= 0.3 is 0 Å². The van der Waals surface area contributed by atoms with Gasteiger partial charge in [-0.05, 0) is 65.8 Å². The molecule has 0 saturated carbocycles. The molecule has 0 saturated heterocycles. The van der Waals surface area contributed by atoms with Crippen LogP contribution in [0.4, 0.5) is 5.69 Å². The Hall–Kier alpha value is -4.37. The number of ether oxygens (including phenoxy) is 3. The van der Waals surface area contributed by atoms with Crippen LogP contribution in [0.25, 0.3) is 11.3 Å². The van der Waals surface area contributed by atoms with Crippen LogP contribution in [0.1, 0.15) is 5.56 Å². The van der Waals surface area contributed by atoms with Crippen LogP contribution in [0.5, 0.6) is 17.2 Å². The number of rotatable bonds is 9. The van der Waals surface area contributed by atoms with Crippen molar-refractivity contribution < 1.29 is 19.0 Å². The summed E-state index contributed by atoms with van der Waals surface area (Å²) >= 11 is 5.38. The summed E-state index contributed by atoms with van der Waals surface area (Å²) in [5, 5.41) is 7.22. The van der Waals surface area contributed by atoms with Gasteiger partial charge in [0, 0.05) is 5.69 Å². The summed E-state index contributed by atoms with van der Waals surface area (Å²) < 4.78 is 18.3. The SMILES string of the molecule is COc1ccc(NC(=O)COc2ccc(/C=N\n3cc(-c4ccccc4)[nH]c3=S)cc2OC)cc1. The van der Waals surface area contributed by atoms with Gasteiger partial charge < -0.3 is 24.5 Å². The molecule has 1 amide bonds. The first-order chi connectivity index (χ1) is 17.1. The van der Waals surface area contributed by atoms with Crippen LogP contribution < -0.4 is 19.5 Å². The molecule has 0 spiro atoms. The lowest BCUT2D eigenvalue weighted by atomic mass is 10.2. The van der Waals surface area contributed by atoms with Crippen molar-refractivity contribution in [3.63, 3.8) is 0 Å². The third-order valence-corrected chi connectivity index (χ3v) is 5.33. The summed E-state index contributed by atoms with van der Waals surface area (Å²) in [4.78, 5) is 15.4. The van der Waals surface area contributed by atoms with E-state index >= 15 is 0 Å². The number of anilines is 1. The van der Waals surface area contributed by atoms with Crippen LogP contribution in [0.3, 0.4) is 0 Å². The van der Waals surface area contributed by atoms with Crippen molar-refractivity contribution in [3.8, 4) is 28.5 Å². The van der Waals surface area contributed by atoms with Gasteiger partial charge in [0.05, 0.1) is 32.3 Å². The van der Waals surface area contributed by atoms with Crippen molar-refractivity contribution in [1.29, 1.82) is 0 Å². The standard InChI is InChI=1S/C26H24N4O4S/c1-32-21-11-9-20(10-12-21)28-25(31)17-34-23-13-8-18(14-24(23)33-2)15-27-30-16-22(29-26(30)35)19-6-4-3-5-7-19/h3-16H,17H2,1-2H3,(H,28,31)(H,29,35)/b27-15-. The Bertz CT molecular complexity index is 1380. The number of hydrogen-bond acceptors (Lipinski definition) is 6. The fraction of sp³-hybridized carbons (Fsp3) is 0.115. The number of imidazole rings is 1. The van der Waals surface area contributed by atoms with Gasteiger partial charge in [-0.1, -0.05) is 30.3 Å². The fourth-order valence-corrected chi connectivity index (χ4v) is 3.47. The summed E-state index contributed by atoms with van der Waals surface area (Å²) in [6.45, 7) is -0.170. The van der Waals surface area contributed by atoms with Crippen molar-refractivity contribution in [2.24, 2.45) is 5.10 Å². The molecule has 35 heavy (non-hydrogen) atoms. The third kappa shape index (κ3) is 6.15. The highest BCUT2D eigenvalue weighted by molar-refractivity contribution is 7.71. The highest BCUT2D eigenvalue weighted by Gasteiger charge is 2.09. The first kappa shape index (κ1) is 23.8. The number of H-pyrrole nitrogens is 1. The normalized spacial score (nSPS) is 10.8. The maximum absolute atomic E-state index is 12.3. The maximum atomic E-state index is 12.3. The Morgan fingerprint density at radius 2 is 1.80 bits per heavy atom. The molecule has 4 rings (SSSR count). The summed E-state index contributed by atoms with van der Waals surface area (Å²) in [6, 6.07) is 22.2. The van der Waals surface area contributed by atoms with Crippen LogP contribution in [0.2, 0.25) is 0 Å². The molecule has 3 aromatic carbocycles. The predicted octanol–water partition coefficient (Wildman–Crippen LogP) is 5.13. The zero-order chi connectivity index (χ0) is 24.6. The number of nitrogens with zero attached hydrogens (tertiary/aromatic N) is 2. The molecule has 0 aliphatic carbocycles. The van der Waals surface area contributed by atoms with Gasteiger partial charge in [-0.15, -0.1) is 0 Å². The molecule has 0 bridgehead atoms. The molecular weight excluding hydrogens is 464 g/mol. The number of carbonyl (C=O) groups excluding carboxylic acids is 1. The van der Waals surface area contributed by atoms with Crippen molar-refractivity contribution in [2.45, 2.75) is 0 Å². The van der Waals surface area contributed by atoms with Crippen LogP contribution in [-0.2, 0) is 4.79 Å². The highest BCUT2D eigenvalue weighted by Crippen LogP contribution is 2.28.